The van der Waals surface area contributed by atoms with E-state index in [4.69, 9.17) is 10.5 Å². The first-order valence-corrected chi connectivity index (χ1v) is 7.34. The molecule has 1 aliphatic rings. The summed E-state index contributed by atoms with van der Waals surface area (Å²) in [5.41, 5.74) is 7.72. The number of nitrogens with zero attached hydrogens (tertiary/aromatic N) is 1. The maximum Gasteiger partial charge on any atom is 0.223 e. The molecule has 2 N–H and O–H groups in total. The van der Waals surface area contributed by atoms with Gasteiger partial charge >= 0.3 is 0 Å². The van der Waals surface area contributed by atoms with Gasteiger partial charge in [0.05, 0.1) is 12.6 Å². The van der Waals surface area contributed by atoms with E-state index in [2.05, 4.69) is 0 Å². The van der Waals surface area contributed by atoms with Crippen LogP contribution in [0.25, 0.3) is 0 Å². The van der Waals surface area contributed by atoms with Crippen molar-refractivity contribution in [2.24, 2.45) is 5.73 Å². The third kappa shape index (κ3) is 3.60. The van der Waals surface area contributed by atoms with Crippen LogP contribution in [-0.2, 0) is 9.53 Å². The first-order chi connectivity index (χ1) is 10.0. The van der Waals surface area contributed by atoms with Gasteiger partial charge in [0, 0.05) is 31.7 Å². The number of nitrogens with two attached hydrogens (primary N) is 1. The quantitative estimate of drug-likeness (QED) is 0.926. The average molecular weight is 294 g/mol. The minimum absolute atomic E-state index is 0.0194. The van der Waals surface area contributed by atoms with Gasteiger partial charge < -0.3 is 15.4 Å². The van der Waals surface area contributed by atoms with Crippen LogP contribution in [0.4, 0.5) is 4.39 Å². The molecule has 1 fully saturated rings. The van der Waals surface area contributed by atoms with E-state index in [0.29, 0.717) is 31.6 Å². The first kappa shape index (κ1) is 15.9. The Hall–Kier alpha value is -1.46. The molecule has 2 rings (SSSR count). The number of aryl methyl sites for hydroxylation is 1. The molecular formula is C16H23FN2O2. The second-order valence-electron chi connectivity index (χ2n) is 5.61. The summed E-state index contributed by atoms with van der Waals surface area (Å²) in [5.74, 6) is -0.288. The molecule has 1 aromatic carbocycles. The molecule has 0 radical (unpaired) electrons. The topological polar surface area (TPSA) is 55.6 Å². The average Bonchev–Trinajstić information content (AvgIpc) is 2.58. The minimum atomic E-state index is -0.421. The molecule has 21 heavy (non-hydrogen) atoms. The van der Waals surface area contributed by atoms with Crippen LogP contribution in [0, 0.1) is 12.7 Å². The fourth-order valence-corrected chi connectivity index (χ4v) is 2.92. The van der Waals surface area contributed by atoms with Gasteiger partial charge in [-0.3, -0.25) is 4.79 Å². The van der Waals surface area contributed by atoms with Gasteiger partial charge in [-0.25, -0.2) is 4.39 Å². The molecule has 2 atom stereocenters. The lowest BCUT2D eigenvalue weighted by Gasteiger charge is -2.34. The van der Waals surface area contributed by atoms with E-state index < -0.39 is 6.04 Å². The molecule has 1 saturated heterocycles. The van der Waals surface area contributed by atoms with Crippen molar-refractivity contribution in [1.29, 1.82) is 0 Å². The standard InChI is InChI=1S/C16H23FN2O2/c1-11-6-7-13(17)12(10-11)16-14(18)4-3-5-15(20)19(16)8-9-21-2/h6-7,10,14,16H,3-5,8-9,18H2,1-2H3. The molecule has 0 bridgehead atoms. The molecule has 5 heteroatoms. The molecule has 0 aliphatic carbocycles. The predicted octanol–water partition coefficient (Wildman–Crippen LogP) is 2.16. The maximum atomic E-state index is 14.3. The van der Waals surface area contributed by atoms with E-state index in [-0.39, 0.29) is 17.8 Å². The third-order valence-corrected chi connectivity index (χ3v) is 4.00. The van der Waals surface area contributed by atoms with Gasteiger partial charge in [-0.2, -0.15) is 0 Å². The van der Waals surface area contributed by atoms with E-state index >= 15 is 0 Å². The summed E-state index contributed by atoms with van der Waals surface area (Å²) in [5, 5.41) is 0. The van der Waals surface area contributed by atoms with Crippen LogP contribution < -0.4 is 5.73 Å². The number of amides is 1. The van der Waals surface area contributed by atoms with Crippen molar-refractivity contribution >= 4 is 5.91 Å². The highest BCUT2D eigenvalue weighted by Gasteiger charge is 2.34. The molecule has 0 spiro atoms. The summed E-state index contributed by atoms with van der Waals surface area (Å²) in [6.45, 7) is 2.76. The Morgan fingerprint density at radius 3 is 2.95 bits per heavy atom. The van der Waals surface area contributed by atoms with Gasteiger partial charge in [0.2, 0.25) is 5.91 Å². The number of halogens is 1. The molecule has 2 unspecified atom stereocenters. The Labute approximate surface area is 125 Å². The lowest BCUT2D eigenvalue weighted by Crippen LogP contribution is -2.44. The number of carbonyl (C=O) groups is 1. The fraction of sp³-hybridized carbons (Fsp3) is 0.562. The summed E-state index contributed by atoms with van der Waals surface area (Å²) < 4.78 is 19.3. The van der Waals surface area contributed by atoms with Crippen LogP contribution in [-0.4, -0.2) is 37.1 Å². The molecule has 0 aromatic heterocycles. The molecular weight excluding hydrogens is 271 g/mol. The predicted molar refractivity (Wildman–Crippen MR) is 79.3 cm³/mol. The monoisotopic (exact) mass is 294 g/mol. The summed E-state index contributed by atoms with van der Waals surface area (Å²) in [7, 11) is 1.59. The molecule has 116 valence electrons. The van der Waals surface area contributed by atoms with Crippen LogP contribution in [0.15, 0.2) is 18.2 Å². The Bertz CT molecular complexity index is 507. The zero-order valence-corrected chi connectivity index (χ0v) is 12.6. The Morgan fingerprint density at radius 2 is 2.24 bits per heavy atom. The van der Waals surface area contributed by atoms with E-state index in [9.17, 15) is 9.18 Å². The van der Waals surface area contributed by atoms with E-state index in [1.54, 1.807) is 24.1 Å². The molecule has 1 amide bonds. The van der Waals surface area contributed by atoms with Crippen molar-refractivity contribution in [2.45, 2.75) is 38.3 Å². The number of carbonyl (C=O) groups excluding carboxylic acids is 1. The van der Waals surface area contributed by atoms with Crippen LogP contribution >= 0.6 is 0 Å². The number of benzene rings is 1. The number of rotatable bonds is 4. The zero-order chi connectivity index (χ0) is 15.4. The van der Waals surface area contributed by atoms with Crippen LogP contribution in [0.5, 0.6) is 0 Å². The van der Waals surface area contributed by atoms with E-state index in [1.165, 1.54) is 6.07 Å². The summed E-state index contributed by atoms with van der Waals surface area (Å²) >= 11 is 0. The Balaban J connectivity index is 2.41. The van der Waals surface area contributed by atoms with Gasteiger partial charge in [-0.15, -0.1) is 0 Å². The lowest BCUT2D eigenvalue weighted by molar-refractivity contribution is -0.134. The van der Waals surface area contributed by atoms with E-state index in [0.717, 1.165) is 12.0 Å². The van der Waals surface area contributed by atoms with Gasteiger partial charge in [0.15, 0.2) is 0 Å². The van der Waals surface area contributed by atoms with Crippen molar-refractivity contribution in [2.75, 3.05) is 20.3 Å². The number of ether oxygens (including phenoxy) is 1. The van der Waals surface area contributed by atoms with Gasteiger partial charge in [-0.05, 0) is 25.8 Å². The SMILES string of the molecule is COCCN1C(=O)CCCC(N)C1c1cc(C)ccc1F. The molecule has 1 aromatic rings. The highest BCUT2D eigenvalue weighted by molar-refractivity contribution is 5.77. The number of hydrogen-bond acceptors (Lipinski definition) is 3. The highest BCUT2D eigenvalue weighted by atomic mass is 19.1. The van der Waals surface area contributed by atoms with Crippen molar-refractivity contribution in [1.82, 2.24) is 4.90 Å². The lowest BCUT2D eigenvalue weighted by atomic mass is 9.94. The number of hydrogen-bond donors (Lipinski definition) is 1. The minimum Gasteiger partial charge on any atom is -0.383 e. The van der Waals surface area contributed by atoms with Crippen molar-refractivity contribution < 1.29 is 13.9 Å². The Kier molecular flexibility index (Phi) is 5.31. The van der Waals surface area contributed by atoms with Crippen LogP contribution in [0.3, 0.4) is 0 Å². The molecule has 4 nitrogen and oxygen atoms in total. The molecule has 1 aliphatic heterocycles. The maximum absolute atomic E-state index is 14.3. The molecule has 1 heterocycles. The zero-order valence-electron chi connectivity index (χ0n) is 12.6. The van der Waals surface area contributed by atoms with Crippen molar-refractivity contribution in [3.05, 3.63) is 35.1 Å². The highest BCUT2D eigenvalue weighted by Crippen LogP contribution is 2.32. The normalized spacial score (nSPS) is 23.2. The second-order valence-corrected chi connectivity index (χ2v) is 5.61. The van der Waals surface area contributed by atoms with Gasteiger partial charge in [-0.1, -0.05) is 17.7 Å². The summed E-state index contributed by atoms with van der Waals surface area (Å²) in [6.07, 6.45) is 1.92. The van der Waals surface area contributed by atoms with Gasteiger partial charge in [0.25, 0.3) is 0 Å². The Morgan fingerprint density at radius 1 is 1.48 bits per heavy atom. The van der Waals surface area contributed by atoms with Crippen molar-refractivity contribution in [3.8, 4) is 0 Å². The smallest absolute Gasteiger partial charge is 0.223 e. The summed E-state index contributed by atoms with van der Waals surface area (Å²) in [6, 6.07) is 4.28. The summed E-state index contributed by atoms with van der Waals surface area (Å²) in [4.78, 5) is 14.0. The van der Waals surface area contributed by atoms with Gasteiger partial charge in [0.1, 0.15) is 5.82 Å². The third-order valence-electron chi connectivity index (χ3n) is 4.00. The van der Waals surface area contributed by atoms with Crippen LogP contribution in [0.1, 0.15) is 36.4 Å². The molecule has 0 saturated carbocycles. The van der Waals surface area contributed by atoms with E-state index in [1.807, 2.05) is 6.92 Å². The largest absolute Gasteiger partial charge is 0.383 e. The first-order valence-electron chi connectivity index (χ1n) is 7.34. The number of likely N-dealkylation sites (tertiary alicyclic amines) is 1. The number of methoxy groups -OCH3 is 1. The second kappa shape index (κ2) is 7.00. The van der Waals surface area contributed by atoms with Crippen molar-refractivity contribution in [3.63, 3.8) is 0 Å². The fourth-order valence-electron chi connectivity index (χ4n) is 2.92. The van der Waals surface area contributed by atoms with Crippen LogP contribution in [0.2, 0.25) is 0 Å².